The number of piperidine rings is 1. The molecule has 3 fully saturated rings. The number of carbonyl (C=O) groups excluding carboxylic acids is 1. The summed E-state index contributed by atoms with van der Waals surface area (Å²) in [5.41, 5.74) is 2.42. The highest BCUT2D eigenvalue weighted by Crippen LogP contribution is 2.30. The molecule has 3 heterocycles. The lowest BCUT2D eigenvalue weighted by atomic mass is 9.94. The van der Waals surface area contributed by atoms with Crippen LogP contribution in [0.2, 0.25) is 0 Å². The Bertz CT molecular complexity index is 887. The first-order chi connectivity index (χ1) is 13.7. The van der Waals surface area contributed by atoms with Gasteiger partial charge in [0.2, 0.25) is 0 Å². The van der Waals surface area contributed by atoms with E-state index in [0.717, 1.165) is 38.3 Å². The van der Waals surface area contributed by atoms with Gasteiger partial charge in [-0.3, -0.25) is 9.69 Å². The zero-order valence-corrected chi connectivity index (χ0v) is 16.2. The van der Waals surface area contributed by atoms with Crippen LogP contribution in [0, 0.1) is 17.2 Å². The van der Waals surface area contributed by atoms with Crippen molar-refractivity contribution >= 4 is 5.91 Å². The molecular formula is C23H25N3O2. The monoisotopic (exact) mass is 375 g/mol. The highest BCUT2D eigenvalue weighted by atomic mass is 16.5. The predicted molar refractivity (Wildman–Crippen MR) is 107 cm³/mol. The lowest BCUT2D eigenvalue weighted by molar-refractivity contribution is 0.0585. The first-order valence-corrected chi connectivity index (χ1v) is 9.82. The van der Waals surface area contributed by atoms with Crippen molar-refractivity contribution in [1.82, 2.24) is 9.80 Å². The largest absolute Gasteiger partial charge is 0.497 e. The first kappa shape index (κ1) is 18.5. The Labute approximate surface area is 166 Å². The minimum Gasteiger partial charge on any atom is -0.497 e. The lowest BCUT2D eigenvalue weighted by Gasteiger charge is -2.36. The Hall–Kier alpha value is -2.84. The topological polar surface area (TPSA) is 56.6 Å². The molecule has 3 aliphatic rings. The third kappa shape index (κ3) is 3.88. The smallest absolute Gasteiger partial charge is 0.254 e. The Morgan fingerprint density at radius 2 is 1.96 bits per heavy atom. The quantitative estimate of drug-likeness (QED) is 0.823. The molecule has 2 atom stereocenters. The minimum atomic E-state index is 0.0538. The maximum Gasteiger partial charge on any atom is 0.254 e. The van der Waals surface area contributed by atoms with E-state index >= 15 is 0 Å². The number of benzene rings is 2. The molecule has 5 heteroatoms. The normalized spacial score (nSPS) is 21.8. The van der Waals surface area contributed by atoms with Crippen molar-refractivity contribution in [2.45, 2.75) is 25.4 Å². The molecule has 144 valence electrons. The van der Waals surface area contributed by atoms with Crippen LogP contribution >= 0.6 is 0 Å². The minimum absolute atomic E-state index is 0.0538. The van der Waals surface area contributed by atoms with Crippen molar-refractivity contribution in [3.05, 3.63) is 65.2 Å². The number of nitriles is 1. The molecule has 28 heavy (non-hydrogen) atoms. The molecule has 0 aromatic heterocycles. The molecule has 5 rings (SSSR count). The summed E-state index contributed by atoms with van der Waals surface area (Å²) in [6, 6.07) is 17.6. The van der Waals surface area contributed by atoms with Gasteiger partial charge in [0.25, 0.3) is 5.91 Å². The highest BCUT2D eigenvalue weighted by Gasteiger charge is 2.37. The zero-order valence-electron chi connectivity index (χ0n) is 16.2. The van der Waals surface area contributed by atoms with Gasteiger partial charge in [-0.2, -0.15) is 5.26 Å². The zero-order chi connectivity index (χ0) is 19.5. The van der Waals surface area contributed by atoms with Crippen molar-refractivity contribution in [1.29, 1.82) is 5.26 Å². The summed E-state index contributed by atoms with van der Waals surface area (Å²) in [6.07, 6.45) is 2.22. The summed E-state index contributed by atoms with van der Waals surface area (Å²) in [5.74, 6) is 1.43. The average molecular weight is 375 g/mol. The van der Waals surface area contributed by atoms with Crippen LogP contribution in [0.1, 0.15) is 34.3 Å². The van der Waals surface area contributed by atoms with Crippen molar-refractivity contribution in [2.24, 2.45) is 5.92 Å². The molecular weight excluding hydrogens is 350 g/mol. The summed E-state index contributed by atoms with van der Waals surface area (Å²) in [6.45, 7) is 3.61. The number of methoxy groups -OCH3 is 1. The van der Waals surface area contributed by atoms with Crippen molar-refractivity contribution in [3.63, 3.8) is 0 Å². The van der Waals surface area contributed by atoms with E-state index < -0.39 is 0 Å². The second-order valence-electron chi connectivity index (χ2n) is 7.79. The number of carbonyl (C=O) groups is 1. The Balaban J connectivity index is 1.48. The van der Waals surface area contributed by atoms with Gasteiger partial charge in [-0.15, -0.1) is 0 Å². The molecule has 0 unspecified atom stereocenters. The molecule has 3 aliphatic heterocycles. The van der Waals surface area contributed by atoms with Gasteiger partial charge in [0.05, 0.1) is 18.7 Å². The Morgan fingerprint density at radius 3 is 2.71 bits per heavy atom. The Kier molecular flexibility index (Phi) is 5.31. The second kappa shape index (κ2) is 8.04. The molecule has 0 spiro atoms. The third-order valence-electron chi connectivity index (χ3n) is 5.85. The van der Waals surface area contributed by atoms with Gasteiger partial charge >= 0.3 is 0 Å². The molecule has 2 aromatic rings. The number of rotatable bonds is 4. The SMILES string of the molecule is COc1ccc(CN2C[C@@H]3CC[C@H](C2)N(C(=O)c2cccc(C#N)c2)C3)cc1. The van der Waals surface area contributed by atoms with Gasteiger partial charge < -0.3 is 9.64 Å². The van der Waals surface area contributed by atoms with Crippen molar-refractivity contribution in [2.75, 3.05) is 26.7 Å². The number of hydrogen-bond acceptors (Lipinski definition) is 4. The molecule has 5 nitrogen and oxygen atoms in total. The van der Waals surface area contributed by atoms with E-state index in [-0.39, 0.29) is 11.9 Å². The van der Waals surface area contributed by atoms with E-state index in [1.165, 1.54) is 12.0 Å². The second-order valence-corrected chi connectivity index (χ2v) is 7.79. The number of ether oxygens (including phenoxy) is 1. The van der Waals surface area contributed by atoms with E-state index in [0.29, 0.717) is 17.0 Å². The van der Waals surface area contributed by atoms with Crippen LogP contribution in [0.25, 0.3) is 0 Å². The molecule has 1 amide bonds. The summed E-state index contributed by atoms with van der Waals surface area (Å²) in [4.78, 5) is 17.6. The van der Waals surface area contributed by atoms with Gasteiger partial charge in [-0.1, -0.05) is 18.2 Å². The van der Waals surface area contributed by atoms with Crippen molar-refractivity contribution < 1.29 is 9.53 Å². The molecule has 0 saturated carbocycles. The van der Waals surface area contributed by atoms with Gasteiger partial charge in [-0.25, -0.2) is 0 Å². The molecule has 2 aromatic carbocycles. The molecule has 0 N–H and O–H groups in total. The standard InChI is InChI=1S/C23H25N3O2/c1-28-22-9-6-17(7-10-22)13-25-14-19-5-8-21(16-25)26(15-19)23(27)20-4-2-3-18(11-20)12-24/h2-4,6-7,9-11,19,21H,5,8,13-16H2,1H3/t19-,21+/m0/s1. The van der Waals surface area contributed by atoms with E-state index in [1.807, 2.05) is 23.1 Å². The van der Waals surface area contributed by atoms with Crippen LogP contribution in [0.4, 0.5) is 0 Å². The third-order valence-corrected chi connectivity index (χ3v) is 5.85. The number of fused-ring (bicyclic) bond motifs is 4. The fourth-order valence-electron chi connectivity index (χ4n) is 4.43. The maximum absolute atomic E-state index is 13.1. The van der Waals surface area contributed by atoms with E-state index in [9.17, 15) is 4.79 Å². The molecule has 3 saturated heterocycles. The predicted octanol–water partition coefficient (Wildman–Crippen LogP) is 3.30. The van der Waals surface area contributed by atoms with Crippen LogP contribution in [0.3, 0.4) is 0 Å². The number of hydrogen-bond donors (Lipinski definition) is 0. The van der Waals surface area contributed by atoms with Gasteiger partial charge in [0.1, 0.15) is 5.75 Å². The summed E-state index contributed by atoms with van der Waals surface area (Å²) >= 11 is 0. The maximum atomic E-state index is 13.1. The van der Waals surface area contributed by atoms with Crippen LogP contribution in [-0.4, -0.2) is 48.5 Å². The first-order valence-electron chi connectivity index (χ1n) is 9.82. The van der Waals surface area contributed by atoms with E-state index in [1.54, 1.807) is 25.3 Å². The summed E-state index contributed by atoms with van der Waals surface area (Å²) < 4.78 is 5.24. The number of amides is 1. The molecule has 0 aliphatic carbocycles. The molecule has 0 radical (unpaired) electrons. The van der Waals surface area contributed by atoms with Gasteiger partial charge in [0.15, 0.2) is 0 Å². The van der Waals surface area contributed by atoms with E-state index in [4.69, 9.17) is 10.00 Å². The average Bonchev–Trinajstić information content (AvgIpc) is 3.04. The van der Waals surface area contributed by atoms with Gasteiger partial charge in [0, 0.05) is 37.8 Å². The van der Waals surface area contributed by atoms with Crippen LogP contribution < -0.4 is 4.74 Å². The summed E-state index contributed by atoms with van der Waals surface area (Å²) in [5, 5.41) is 9.12. The number of nitrogens with zero attached hydrogens (tertiary/aromatic N) is 3. The molecule has 2 bridgehead atoms. The van der Waals surface area contributed by atoms with Crippen molar-refractivity contribution in [3.8, 4) is 11.8 Å². The van der Waals surface area contributed by atoms with Gasteiger partial charge in [-0.05, 0) is 54.7 Å². The lowest BCUT2D eigenvalue weighted by Crippen LogP contribution is -2.47. The fourth-order valence-corrected chi connectivity index (χ4v) is 4.43. The van der Waals surface area contributed by atoms with Crippen LogP contribution in [0.5, 0.6) is 5.75 Å². The Morgan fingerprint density at radius 1 is 1.14 bits per heavy atom. The summed E-state index contributed by atoms with van der Waals surface area (Å²) in [7, 11) is 1.68. The highest BCUT2D eigenvalue weighted by molar-refractivity contribution is 5.95. The van der Waals surface area contributed by atoms with E-state index in [2.05, 4.69) is 23.1 Å². The van der Waals surface area contributed by atoms with Crippen LogP contribution in [0.15, 0.2) is 48.5 Å². The van der Waals surface area contributed by atoms with Crippen LogP contribution in [-0.2, 0) is 6.54 Å². The fraction of sp³-hybridized carbons (Fsp3) is 0.391.